The summed E-state index contributed by atoms with van der Waals surface area (Å²) in [5.74, 6) is 0.527. The summed E-state index contributed by atoms with van der Waals surface area (Å²) >= 11 is 0. The lowest BCUT2D eigenvalue weighted by Crippen LogP contribution is -2.15. The van der Waals surface area contributed by atoms with Crippen LogP contribution in [0.3, 0.4) is 0 Å². The van der Waals surface area contributed by atoms with E-state index in [1.807, 2.05) is 56.3 Å². The molecule has 0 amide bonds. The van der Waals surface area contributed by atoms with E-state index in [1.54, 1.807) is 6.26 Å². The molecule has 0 radical (unpaired) electrons. The number of rotatable bonds is 8. The molecule has 0 saturated heterocycles. The monoisotopic (exact) mass is 307 g/mol. The van der Waals surface area contributed by atoms with Gasteiger partial charge in [-0.15, -0.1) is 0 Å². The van der Waals surface area contributed by atoms with Crippen molar-refractivity contribution in [3.05, 3.63) is 54.5 Å². The molecular weight excluding hydrogens is 285 g/mol. The molecule has 0 saturated carbocycles. The van der Waals surface area contributed by atoms with Gasteiger partial charge in [0, 0.05) is 5.69 Å². The minimum Gasteiger partial charge on any atom is -0.467 e. The molecule has 0 fully saturated rings. The summed E-state index contributed by atoms with van der Waals surface area (Å²) in [5, 5.41) is 3.43. The summed E-state index contributed by atoms with van der Waals surface area (Å²) in [6.45, 7) is 4.98. The van der Waals surface area contributed by atoms with E-state index in [2.05, 4.69) is 11.6 Å². The number of furan rings is 1. The number of anilines is 1. The number of hydrogen-bond donors (Lipinski definition) is 1. The second-order valence-corrected chi connectivity index (χ2v) is 6.98. The standard InChI is InChI=1S/C16H22NO3P/c1-4-19-21(3,20-5-2)16(15-12-9-13-18-15)17-14-10-7-6-8-11-14/h6-13,16-17H,3-5H2,1-2H3. The van der Waals surface area contributed by atoms with Crippen molar-refractivity contribution in [2.75, 3.05) is 18.5 Å². The Bertz CT molecular complexity index is 558. The lowest BCUT2D eigenvalue weighted by Gasteiger charge is -2.32. The first-order valence-corrected chi connectivity index (χ1v) is 8.94. The molecule has 0 bridgehead atoms. The number of hydrogen-bond acceptors (Lipinski definition) is 4. The second kappa shape index (κ2) is 7.51. The molecule has 1 aromatic carbocycles. The largest absolute Gasteiger partial charge is 0.467 e. The van der Waals surface area contributed by atoms with Crippen LogP contribution in [0.1, 0.15) is 25.4 Å². The SMILES string of the molecule is C=P(OCC)(OCC)C(Nc1ccccc1)c1ccco1. The van der Waals surface area contributed by atoms with E-state index in [9.17, 15) is 0 Å². The molecule has 1 atom stereocenters. The molecule has 0 spiro atoms. The van der Waals surface area contributed by atoms with Gasteiger partial charge in [0.1, 0.15) is 13.1 Å². The van der Waals surface area contributed by atoms with Gasteiger partial charge in [0.15, 0.2) is 5.78 Å². The summed E-state index contributed by atoms with van der Waals surface area (Å²) < 4.78 is 17.3. The minimum atomic E-state index is -2.39. The topological polar surface area (TPSA) is 43.6 Å². The van der Waals surface area contributed by atoms with E-state index < -0.39 is 7.34 Å². The van der Waals surface area contributed by atoms with Gasteiger partial charge in [-0.1, -0.05) is 18.2 Å². The van der Waals surface area contributed by atoms with Crippen molar-refractivity contribution in [3.8, 4) is 0 Å². The zero-order valence-electron chi connectivity index (χ0n) is 12.5. The minimum absolute atomic E-state index is 0.241. The van der Waals surface area contributed by atoms with Gasteiger partial charge >= 0.3 is 0 Å². The summed E-state index contributed by atoms with van der Waals surface area (Å²) in [4.78, 5) is 0. The molecule has 21 heavy (non-hydrogen) atoms. The van der Waals surface area contributed by atoms with Crippen LogP contribution in [0.15, 0.2) is 53.1 Å². The van der Waals surface area contributed by atoms with E-state index in [4.69, 9.17) is 13.5 Å². The molecule has 0 aliphatic carbocycles. The molecule has 0 aliphatic rings. The predicted octanol–water partition coefficient (Wildman–Crippen LogP) is 4.74. The number of para-hydroxylation sites is 1. The zero-order valence-corrected chi connectivity index (χ0v) is 13.4. The molecule has 1 N–H and O–H groups in total. The predicted molar refractivity (Wildman–Crippen MR) is 88.8 cm³/mol. The van der Waals surface area contributed by atoms with Crippen LogP contribution in [0.25, 0.3) is 0 Å². The van der Waals surface area contributed by atoms with Crippen LogP contribution in [0, 0.1) is 0 Å². The fourth-order valence-corrected chi connectivity index (χ4v) is 4.25. The van der Waals surface area contributed by atoms with Gasteiger partial charge in [0.05, 0.1) is 19.5 Å². The highest BCUT2D eigenvalue weighted by atomic mass is 31.2. The fraction of sp³-hybridized carbons (Fsp3) is 0.312. The van der Waals surface area contributed by atoms with Crippen molar-refractivity contribution >= 4 is 19.3 Å². The number of benzene rings is 1. The molecule has 2 aromatic rings. The second-order valence-electron chi connectivity index (χ2n) is 4.49. The Morgan fingerprint density at radius 1 is 1.10 bits per heavy atom. The highest BCUT2D eigenvalue weighted by molar-refractivity contribution is 7.64. The molecule has 4 nitrogen and oxygen atoms in total. The molecule has 114 valence electrons. The Morgan fingerprint density at radius 3 is 2.29 bits per heavy atom. The molecular formula is C16H22NO3P. The highest BCUT2D eigenvalue weighted by Crippen LogP contribution is 2.60. The molecule has 1 unspecified atom stereocenters. The molecule has 2 rings (SSSR count). The van der Waals surface area contributed by atoms with Gasteiger partial charge in [0.25, 0.3) is 0 Å². The maximum atomic E-state index is 5.88. The summed E-state index contributed by atoms with van der Waals surface area (Å²) in [6.07, 6.45) is 5.90. The molecule has 1 heterocycles. The zero-order chi connectivity index (χ0) is 15.1. The highest BCUT2D eigenvalue weighted by Gasteiger charge is 2.31. The van der Waals surface area contributed by atoms with E-state index in [0.29, 0.717) is 13.2 Å². The van der Waals surface area contributed by atoms with Crippen LogP contribution >= 0.6 is 7.34 Å². The Kier molecular flexibility index (Phi) is 5.68. The van der Waals surface area contributed by atoms with Crippen LogP contribution in [-0.2, 0) is 9.05 Å². The van der Waals surface area contributed by atoms with Crippen LogP contribution in [-0.4, -0.2) is 19.5 Å². The van der Waals surface area contributed by atoms with Gasteiger partial charge in [-0.05, 0) is 44.4 Å². The first-order chi connectivity index (χ1) is 10.2. The van der Waals surface area contributed by atoms with Gasteiger partial charge in [-0.25, -0.2) is 0 Å². The third-order valence-electron chi connectivity index (χ3n) is 2.98. The van der Waals surface area contributed by atoms with Crippen LogP contribution in [0.5, 0.6) is 0 Å². The van der Waals surface area contributed by atoms with Gasteiger partial charge < -0.3 is 18.8 Å². The average molecular weight is 307 g/mol. The third kappa shape index (κ3) is 4.01. The van der Waals surface area contributed by atoms with Crippen molar-refractivity contribution in [1.29, 1.82) is 0 Å². The Balaban J connectivity index is 2.33. The smallest absolute Gasteiger partial charge is 0.150 e. The van der Waals surface area contributed by atoms with Crippen molar-refractivity contribution in [3.63, 3.8) is 0 Å². The Labute approximate surface area is 126 Å². The van der Waals surface area contributed by atoms with Crippen molar-refractivity contribution < 1.29 is 13.5 Å². The maximum absolute atomic E-state index is 5.88. The normalized spacial score (nSPS) is 13.0. The van der Waals surface area contributed by atoms with Gasteiger partial charge in [-0.2, -0.15) is 0 Å². The summed E-state index contributed by atoms with van der Waals surface area (Å²) in [5.41, 5.74) is 0.978. The lowest BCUT2D eigenvalue weighted by atomic mass is 10.3. The molecule has 0 aliphatic heterocycles. The Hall–Kier alpha value is -1.48. The third-order valence-corrected chi connectivity index (χ3v) is 5.54. The van der Waals surface area contributed by atoms with Crippen molar-refractivity contribution in [2.45, 2.75) is 19.6 Å². The van der Waals surface area contributed by atoms with Gasteiger partial charge in [0.2, 0.25) is 0 Å². The quantitative estimate of drug-likeness (QED) is 0.715. The van der Waals surface area contributed by atoms with Crippen LogP contribution in [0.4, 0.5) is 5.69 Å². The summed E-state index contributed by atoms with van der Waals surface area (Å²) in [7, 11) is -2.39. The fourth-order valence-electron chi connectivity index (χ4n) is 2.13. The maximum Gasteiger partial charge on any atom is 0.150 e. The summed E-state index contributed by atoms with van der Waals surface area (Å²) in [6, 6.07) is 13.7. The van der Waals surface area contributed by atoms with Crippen LogP contribution < -0.4 is 5.32 Å². The number of nitrogens with one attached hydrogen (secondary N) is 1. The van der Waals surface area contributed by atoms with E-state index in [-0.39, 0.29) is 5.78 Å². The van der Waals surface area contributed by atoms with E-state index >= 15 is 0 Å². The van der Waals surface area contributed by atoms with Crippen molar-refractivity contribution in [2.24, 2.45) is 0 Å². The average Bonchev–Trinajstić information content (AvgIpc) is 3.00. The van der Waals surface area contributed by atoms with Crippen LogP contribution in [0.2, 0.25) is 0 Å². The molecule has 5 heteroatoms. The van der Waals surface area contributed by atoms with E-state index in [0.717, 1.165) is 11.4 Å². The molecule has 1 aromatic heterocycles. The Morgan fingerprint density at radius 2 is 1.76 bits per heavy atom. The van der Waals surface area contributed by atoms with Crippen molar-refractivity contribution in [1.82, 2.24) is 0 Å². The lowest BCUT2D eigenvalue weighted by molar-refractivity contribution is 0.257. The van der Waals surface area contributed by atoms with E-state index in [1.165, 1.54) is 0 Å². The van der Waals surface area contributed by atoms with Gasteiger partial charge in [-0.3, -0.25) is 0 Å². The first kappa shape index (κ1) is 15.9. The first-order valence-electron chi connectivity index (χ1n) is 7.06.